The molecule has 11 heteroatoms. The van der Waals surface area contributed by atoms with Gasteiger partial charge in [-0.15, -0.1) is 0 Å². The summed E-state index contributed by atoms with van der Waals surface area (Å²) in [6.45, 7) is 5.39. The van der Waals surface area contributed by atoms with Gasteiger partial charge in [0.1, 0.15) is 23.0 Å². The van der Waals surface area contributed by atoms with Crippen molar-refractivity contribution in [3.8, 4) is 23.0 Å². The Morgan fingerprint density at radius 2 is 0.904 bits per heavy atom. The zero-order valence-electron chi connectivity index (χ0n) is 29.8. The van der Waals surface area contributed by atoms with Gasteiger partial charge in [-0.3, -0.25) is 4.79 Å². The standard InChI is InChI=1S/C41H50O11/c1-2-38(43)49-30-12-5-3-10-28-47-34-19-15-32(16-20-34)40(45)51-36-23-25-37(26-24-36)52-41(46)33-17-21-35(22-18-33)48-29-11-4-6-13-31-50-39(44)14-8-7-9-27-42/h2,15-26,42H,1,3-14,27-31H2. The van der Waals surface area contributed by atoms with Gasteiger partial charge in [-0.25, -0.2) is 14.4 Å². The number of hydrogen-bond acceptors (Lipinski definition) is 11. The Morgan fingerprint density at radius 3 is 1.35 bits per heavy atom. The molecule has 0 aromatic heterocycles. The van der Waals surface area contributed by atoms with Gasteiger partial charge >= 0.3 is 23.9 Å². The van der Waals surface area contributed by atoms with E-state index in [0.717, 1.165) is 70.3 Å². The van der Waals surface area contributed by atoms with Crippen LogP contribution in [0.15, 0.2) is 85.5 Å². The Bertz CT molecular complexity index is 1500. The minimum atomic E-state index is -0.532. The van der Waals surface area contributed by atoms with Gasteiger partial charge < -0.3 is 33.5 Å². The molecular weight excluding hydrogens is 668 g/mol. The van der Waals surface area contributed by atoms with Crippen LogP contribution in [0.1, 0.15) is 97.8 Å². The minimum absolute atomic E-state index is 0.153. The Kier molecular flexibility index (Phi) is 19.8. The zero-order valence-corrected chi connectivity index (χ0v) is 29.8. The van der Waals surface area contributed by atoms with Gasteiger partial charge in [0, 0.05) is 19.1 Å². The fourth-order valence-corrected chi connectivity index (χ4v) is 4.83. The third-order valence-electron chi connectivity index (χ3n) is 7.75. The number of carbonyl (C=O) groups is 4. The number of aliphatic hydroxyl groups excluding tert-OH is 1. The second-order valence-corrected chi connectivity index (χ2v) is 12.0. The van der Waals surface area contributed by atoms with Crippen molar-refractivity contribution < 1.29 is 52.7 Å². The average Bonchev–Trinajstić information content (AvgIpc) is 3.16. The maximum Gasteiger partial charge on any atom is 0.343 e. The quantitative estimate of drug-likeness (QED) is 0.0375. The van der Waals surface area contributed by atoms with E-state index in [1.54, 1.807) is 72.8 Å². The first-order valence-corrected chi connectivity index (χ1v) is 17.9. The molecule has 0 aliphatic heterocycles. The van der Waals surface area contributed by atoms with Crippen molar-refractivity contribution in [1.82, 2.24) is 0 Å². The molecule has 0 saturated heterocycles. The number of esters is 4. The first-order valence-electron chi connectivity index (χ1n) is 17.9. The highest BCUT2D eigenvalue weighted by molar-refractivity contribution is 5.92. The van der Waals surface area contributed by atoms with Gasteiger partial charge in [-0.05, 0) is 137 Å². The molecule has 3 rings (SSSR count). The number of unbranched alkanes of at least 4 members (excludes halogenated alkanes) is 8. The van der Waals surface area contributed by atoms with Crippen LogP contribution in [0.4, 0.5) is 0 Å². The van der Waals surface area contributed by atoms with Crippen molar-refractivity contribution in [2.24, 2.45) is 0 Å². The maximum atomic E-state index is 12.7. The van der Waals surface area contributed by atoms with Gasteiger partial charge in [-0.2, -0.15) is 0 Å². The average molecular weight is 719 g/mol. The first kappa shape index (κ1) is 41.3. The van der Waals surface area contributed by atoms with Gasteiger partial charge in [0.2, 0.25) is 0 Å². The molecule has 0 radical (unpaired) electrons. The van der Waals surface area contributed by atoms with Crippen LogP contribution in [0, 0.1) is 0 Å². The van der Waals surface area contributed by atoms with E-state index in [2.05, 4.69) is 6.58 Å². The number of benzene rings is 3. The molecule has 0 heterocycles. The van der Waals surface area contributed by atoms with Crippen molar-refractivity contribution >= 4 is 23.9 Å². The van der Waals surface area contributed by atoms with Crippen LogP contribution in [0.3, 0.4) is 0 Å². The van der Waals surface area contributed by atoms with E-state index in [-0.39, 0.29) is 12.6 Å². The predicted molar refractivity (Wildman–Crippen MR) is 195 cm³/mol. The molecule has 0 spiro atoms. The van der Waals surface area contributed by atoms with E-state index in [1.165, 1.54) is 0 Å². The molecule has 0 aliphatic carbocycles. The van der Waals surface area contributed by atoms with Crippen LogP contribution >= 0.6 is 0 Å². The zero-order chi connectivity index (χ0) is 37.2. The van der Waals surface area contributed by atoms with Crippen LogP contribution < -0.4 is 18.9 Å². The van der Waals surface area contributed by atoms with E-state index < -0.39 is 17.9 Å². The highest BCUT2D eigenvalue weighted by Crippen LogP contribution is 2.22. The molecule has 0 fully saturated rings. The Labute approximate surface area is 305 Å². The smallest absolute Gasteiger partial charge is 0.343 e. The largest absolute Gasteiger partial charge is 0.494 e. The number of rotatable bonds is 26. The second-order valence-electron chi connectivity index (χ2n) is 12.0. The molecular formula is C41H50O11. The van der Waals surface area contributed by atoms with Crippen molar-refractivity contribution in [2.75, 3.05) is 33.0 Å². The molecule has 0 unspecified atom stereocenters. The lowest BCUT2D eigenvalue weighted by molar-refractivity contribution is -0.144. The summed E-state index contributed by atoms with van der Waals surface area (Å²) in [4.78, 5) is 47.9. The van der Waals surface area contributed by atoms with Crippen molar-refractivity contribution in [1.29, 1.82) is 0 Å². The molecule has 0 atom stereocenters. The van der Waals surface area contributed by atoms with E-state index in [1.807, 2.05) is 0 Å². The third-order valence-corrected chi connectivity index (χ3v) is 7.75. The molecule has 280 valence electrons. The van der Waals surface area contributed by atoms with E-state index >= 15 is 0 Å². The monoisotopic (exact) mass is 718 g/mol. The van der Waals surface area contributed by atoms with Gasteiger partial charge in [0.25, 0.3) is 0 Å². The van der Waals surface area contributed by atoms with Crippen LogP contribution in [0.2, 0.25) is 0 Å². The van der Waals surface area contributed by atoms with Crippen LogP contribution in [0.5, 0.6) is 23.0 Å². The number of hydrogen-bond donors (Lipinski definition) is 1. The summed E-state index contributed by atoms with van der Waals surface area (Å²) < 4.78 is 32.6. The summed E-state index contributed by atoms with van der Waals surface area (Å²) in [5, 5.41) is 8.76. The predicted octanol–water partition coefficient (Wildman–Crippen LogP) is 7.83. The summed E-state index contributed by atoms with van der Waals surface area (Å²) >= 11 is 0. The fourth-order valence-electron chi connectivity index (χ4n) is 4.83. The van der Waals surface area contributed by atoms with Gasteiger partial charge in [-0.1, -0.05) is 13.0 Å². The Morgan fingerprint density at radius 1 is 0.500 bits per heavy atom. The van der Waals surface area contributed by atoms with E-state index in [9.17, 15) is 19.2 Å². The van der Waals surface area contributed by atoms with Crippen molar-refractivity contribution in [3.05, 3.63) is 96.6 Å². The number of aliphatic hydroxyl groups is 1. The molecule has 0 amide bonds. The molecule has 1 N–H and O–H groups in total. The molecule has 0 saturated carbocycles. The SMILES string of the molecule is C=CC(=O)OCCCCCCOc1ccc(C(=O)Oc2ccc(OC(=O)c3ccc(OCCCCCCOC(=O)CCCCCO)cc3)cc2)cc1. The number of ether oxygens (including phenoxy) is 6. The summed E-state index contributed by atoms with van der Waals surface area (Å²) in [6.07, 6.45) is 10.9. The third kappa shape index (κ3) is 17.2. The topological polar surface area (TPSA) is 144 Å². The highest BCUT2D eigenvalue weighted by Gasteiger charge is 2.12. The summed E-state index contributed by atoms with van der Waals surface area (Å²) in [5.41, 5.74) is 0.726. The Balaban J connectivity index is 1.27. The van der Waals surface area contributed by atoms with Crippen LogP contribution in [-0.4, -0.2) is 62.0 Å². The minimum Gasteiger partial charge on any atom is -0.494 e. The molecule has 11 nitrogen and oxygen atoms in total. The maximum absolute atomic E-state index is 12.7. The van der Waals surface area contributed by atoms with E-state index in [4.69, 9.17) is 33.5 Å². The molecule has 3 aromatic rings. The lowest BCUT2D eigenvalue weighted by Crippen LogP contribution is -2.10. The Hall–Kier alpha value is -5.16. The van der Waals surface area contributed by atoms with Crippen LogP contribution in [-0.2, 0) is 19.1 Å². The summed E-state index contributed by atoms with van der Waals surface area (Å²) in [7, 11) is 0. The summed E-state index contributed by atoms with van der Waals surface area (Å²) in [5.74, 6) is 0.245. The first-order chi connectivity index (χ1) is 25.4. The molecule has 52 heavy (non-hydrogen) atoms. The lowest BCUT2D eigenvalue weighted by atomic mass is 10.2. The van der Waals surface area contributed by atoms with Gasteiger partial charge in [0.05, 0.1) is 37.6 Å². The van der Waals surface area contributed by atoms with Crippen molar-refractivity contribution in [2.45, 2.75) is 77.0 Å². The van der Waals surface area contributed by atoms with Crippen LogP contribution in [0.25, 0.3) is 0 Å². The lowest BCUT2D eigenvalue weighted by Gasteiger charge is -2.09. The summed E-state index contributed by atoms with van der Waals surface area (Å²) in [6, 6.07) is 19.6. The van der Waals surface area contributed by atoms with E-state index in [0.29, 0.717) is 73.4 Å². The molecule has 3 aromatic carbocycles. The second kappa shape index (κ2) is 24.9. The van der Waals surface area contributed by atoms with Gasteiger partial charge in [0.15, 0.2) is 0 Å². The normalized spacial score (nSPS) is 10.6. The molecule has 0 aliphatic rings. The fraction of sp³-hybridized carbons (Fsp3) is 0.415. The number of carbonyl (C=O) groups excluding carboxylic acids is 4. The van der Waals surface area contributed by atoms with Crippen molar-refractivity contribution in [3.63, 3.8) is 0 Å². The highest BCUT2D eigenvalue weighted by atomic mass is 16.5. The molecule has 0 bridgehead atoms.